The van der Waals surface area contributed by atoms with Crippen LogP contribution in [-0.4, -0.2) is 59.8 Å². The number of rotatable bonds is 4. The molecule has 1 unspecified atom stereocenters. The minimum atomic E-state index is -0.717. The molecule has 0 aliphatic carbocycles. The summed E-state index contributed by atoms with van der Waals surface area (Å²) >= 11 is 2.68. The number of nitrogens with zero attached hydrogens (tertiary/aromatic N) is 4. The van der Waals surface area contributed by atoms with E-state index in [-0.39, 0.29) is 28.8 Å². The molecule has 4 rings (SSSR count). The van der Waals surface area contributed by atoms with Crippen molar-refractivity contribution in [1.82, 2.24) is 19.7 Å². The number of aliphatic hydroxyl groups is 1. The summed E-state index contributed by atoms with van der Waals surface area (Å²) in [6.45, 7) is 4.18. The first-order valence-electron chi connectivity index (χ1n) is 8.08. The van der Waals surface area contributed by atoms with Crippen molar-refractivity contribution >= 4 is 35.7 Å². The Kier molecular flexibility index (Phi) is 4.28. The summed E-state index contributed by atoms with van der Waals surface area (Å²) in [6.07, 6.45) is 2.56. The lowest BCUT2D eigenvalue weighted by atomic mass is 9.79. The molecule has 134 valence electrons. The number of aromatic nitrogens is 3. The summed E-state index contributed by atoms with van der Waals surface area (Å²) in [7, 11) is 0. The van der Waals surface area contributed by atoms with Gasteiger partial charge < -0.3 is 14.2 Å². The number of hydrogen-bond acceptors (Lipinski definition) is 8. The molecule has 1 saturated heterocycles. The van der Waals surface area contributed by atoms with E-state index in [4.69, 9.17) is 4.18 Å². The zero-order chi connectivity index (χ0) is 17.7. The quantitative estimate of drug-likeness (QED) is 0.600. The fourth-order valence-electron chi connectivity index (χ4n) is 3.58. The normalized spacial score (nSPS) is 31.7. The number of amides is 1. The molecular weight excluding hydrogens is 364 g/mol. The van der Waals surface area contributed by atoms with Crippen molar-refractivity contribution < 1.29 is 18.9 Å². The van der Waals surface area contributed by atoms with Gasteiger partial charge in [-0.3, -0.25) is 4.79 Å². The van der Waals surface area contributed by atoms with Gasteiger partial charge in [0.1, 0.15) is 12.0 Å². The highest BCUT2D eigenvalue weighted by Crippen LogP contribution is 2.44. The molecule has 4 heterocycles. The van der Waals surface area contributed by atoms with Crippen molar-refractivity contribution in [3.8, 4) is 0 Å². The second-order valence-corrected chi connectivity index (χ2v) is 8.51. The third-order valence-electron chi connectivity index (χ3n) is 4.75. The van der Waals surface area contributed by atoms with Gasteiger partial charge in [0.25, 0.3) is 0 Å². The molecule has 3 aliphatic heterocycles. The number of thioether (sulfide) groups is 1. The van der Waals surface area contributed by atoms with E-state index in [2.05, 4.69) is 10.1 Å². The zero-order valence-corrected chi connectivity index (χ0v) is 15.4. The van der Waals surface area contributed by atoms with Gasteiger partial charge >= 0.3 is 5.97 Å². The Morgan fingerprint density at radius 1 is 1.56 bits per heavy atom. The molecule has 3 aliphatic rings. The van der Waals surface area contributed by atoms with Crippen LogP contribution in [0.3, 0.4) is 0 Å². The van der Waals surface area contributed by atoms with Crippen molar-refractivity contribution in [1.29, 1.82) is 0 Å². The van der Waals surface area contributed by atoms with Crippen LogP contribution in [0.2, 0.25) is 0 Å². The smallest absolute Gasteiger partial charge is 0.366 e. The Bertz CT molecular complexity index is 750. The fraction of sp³-hybridized carbons (Fsp3) is 0.600. The molecular formula is C15H18N4O4S2. The molecule has 10 heteroatoms. The van der Waals surface area contributed by atoms with Crippen LogP contribution in [0.15, 0.2) is 23.3 Å². The lowest BCUT2D eigenvalue weighted by Crippen LogP contribution is -2.63. The predicted octanol–water partition coefficient (Wildman–Crippen LogP) is 0.685. The maximum absolute atomic E-state index is 12.4. The first-order valence-corrected chi connectivity index (χ1v) is 9.87. The summed E-state index contributed by atoms with van der Waals surface area (Å²) in [5.74, 6) is -0.358. The van der Waals surface area contributed by atoms with Crippen molar-refractivity contribution in [2.75, 3.05) is 5.75 Å². The van der Waals surface area contributed by atoms with Crippen LogP contribution in [0, 0.1) is 11.8 Å². The van der Waals surface area contributed by atoms with Gasteiger partial charge in [-0.25, -0.2) is 14.5 Å². The topological polar surface area (TPSA) is 97.5 Å². The van der Waals surface area contributed by atoms with Gasteiger partial charge in [-0.15, -0.1) is 0 Å². The molecule has 0 saturated carbocycles. The van der Waals surface area contributed by atoms with E-state index in [0.717, 1.165) is 23.0 Å². The van der Waals surface area contributed by atoms with Crippen LogP contribution in [-0.2, 0) is 20.3 Å². The standard InChI is InChI=1S/C15H18N4O4S2/c1-7-3-10(19-12(7)11(8(2)20)13(19)21)14(22)23-25-9-4-18-15(24-5-9)16-6-17-18/h3,6-9,11-12,20H,4-5H2,1-2H3/t7-,8-,9?,11-,12+/m1/s1. The van der Waals surface area contributed by atoms with E-state index in [1.807, 2.05) is 6.92 Å². The van der Waals surface area contributed by atoms with Gasteiger partial charge in [0.2, 0.25) is 5.91 Å². The van der Waals surface area contributed by atoms with Gasteiger partial charge in [0.15, 0.2) is 5.16 Å². The van der Waals surface area contributed by atoms with Crippen molar-refractivity contribution in [3.63, 3.8) is 0 Å². The van der Waals surface area contributed by atoms with E-state index in [0.29, 0.717) is 6.54 Å². The first-order chi connectivity index (χ1) is 12.0. The van der Waals surface area contributed by atoms with Crippen molar-refractivity contribution in [3.05, 3.63) is 18.1 Å². The van der Waals surface area contributed by atoms with Crippen LogP contribution in [0.4, 0.5) is 0 Å². The third-order valence-corrected chi connectivity index (χ3v) is 6.94. The Morgan fingerprint density at radius 2 is 2.36 bits per heavy atom. The van der Waals surface area contributed by atoms with Crippen LogP contribution >= 0.6 is 23.8 Å². The minimum Gasteiger partial charge on any atom is -0.393 e. The van der Waals surface area contributed by atoms with Gasteiger partial charge in [0, 0.05) is 5.75 Å². The summed E-state index contributed by atoms with van der Waals surface area (Å²) < 4.78 is 7.17. The number of carbonyl (C=O) groups excluding carboxylic acids is 2. The number of hydrogen-bond donors (Lipinski definition) is 1. The highest BCUT2D eigenvalue weighted by atomic mass is 32.2. The maximum atomic E-state index is 12.4. The van der Waals surface area contributed by atoms with Gasteiger partial charge in [-0.2, -0.15) is 5.10 Å². The molecule has 0 bridgehead atoms. The van der Waals surface area contributed by atoms with E-state index >= 15 is 0 Å². The number of aliphatic hydroxyl groups excluding tert-OH is 1. The molecule has 0 radical (unpaired) electrons. The van der Waals surface area contributed by atoms with Crippen LogP contribution in [0.25, 0.3) is 0 Å². The summed E-state index contributed by atoms with van der Waals surface area (Å²) in [4.78, 5) is 30.3. The maximum Gasteiger partial charge on any atom is 0.366 e. The molecule has 1 N–H and O–H groups in total. The molecule has 0 aromatic carbocycles. The molecule has 8 nitrogen and oxygen atoms in total. The Balaban J connectivity index is 1.36. The van der Waals surface area contributed by atoms with E-state index in [9.17, 15) is 14.7 Å². The zero-order valence-electron chi connectivity index (χ0n) is 13.7. The van der Waals surface area contributed by atoms with Gasteiger partial charge in [-0.1, -0.05) is 18.7 Å². The average molecular weight is 382 g/mol. The van der Waals surface area contributed by atoms with E-state index < -0.39 is 18.0 Å². The summed E-state index contributed by atoms with van der Waals surface area (Å²) in [5, 5.41) is 14.8. The molecule has 1 aromatic rings. The van der Waals surface area contributed by atoms with Crippen LogP contribution in [0.5, 0.6) is 0 Å². The monoisotopic (exact) mass is 382 g/mol. The van der Waals surface area contributed by atoms with Crippen molar-refractivity contribution in [2.45, 2.75) is 42.9 Å². The largest absolute Gasteiger partial charge is 0.393 e. The van der Waals surface area contributed by atoms with Gasteiger partial charge in [0.05, 0.1) is 41.9 Å². The van der Waals surface area contributed by atoms with Crippen molar-refractivity contribution in [2.24, 2.45) is 11.8 Å². The minimum absolute atomic E-state index is 0.0211. The SMILES string of the molecule is C[C@@H]1C=C(C(=O)OSC2CSc3ncnn3C2)N2C(=O)[C@H]([C@@H](C)O)[C@H]12. The highest BCUT2D eigenvalue weighted by molar-refractivity contribution is 8.01. The average Bonchev–Trinajstić information content (AvgIpc) is 3.14. The second kappa shape index (κ2) is 6.33. The number of fused-ring (bicyclic) bond motifs is 2. The molecule has 1 amide bonds. The fourth-order valence-corrected chi connectivity index (χ4v) is 5.35. The molecule has 0 spiro atoms. The number of carbonyl (C=O) groups is 2. The summed E-state index contributed by atoms with van der Waals surface area (Å²) in [5.41, 5.74) is 0.289. The number of β-lactam (4-membered cyclic amide) rings is 1. The molecule has 1 aromatic heterocycles. The van der Waals surface area contributed by atoms with E-state index in [1.165, 1.54) is 11.2 Å². The Labute approximate surface area is 153 Å². The Hall–Kier alpha value is -1.52. The Morgan fingerprint density at radius 3 is 3.12 bits per heavy atom. The predicted molar refractivity (Wildman–Crippen MR) is 91.3 cm³/mol. The van der Waals surface area contributed by atoms with Crippen LogP contribution in [0.1, 0.15) is 13.8 Å². The lowest BCUT2D eigenvalue weighted by molar-refractivity contribution is -0.162. The van der Waals surface area contributed by atoms with Crippen LogP contribution < -0.4 is 0 Å². The lowest BCUT2D eigenvalue weighted by Gasteiger charge is -2.46. The molecule has 5 atom stereocenters. The summed E-state index contributed by atoms with van der Waals surface area (Å²) in [6, 6.07) is -0.150. The second-order valence-electron chi connectivity index (χ2n) is 6.50. The third kappa shape index (κ3) is 2.76. The molecule has 1 fully saturated rings. The highest BCUT2D eigenvalue weighted by Gasteiger charge is 2.57. The molecule has 25 heavy (non-hydrogen) atoms. The van der Waals surface area contributed by atoms with Gasteiger partial charge in [-0.05, 0) is 18.9 Å². The first kappa shape index (κ1) is 16.9. The van der Waals surface area contributed by atoms with E-state index in [1.54, 1.807) is 29.4 Å².